The zero-order valence-corrected chi connectivity index (χ0v) is 15.7. The molecule has 1 heterocycles. The van der Waals surface area contributed by atoms with Gasteiger partial charge in [-0.05, 0) is 32.4 Å². The number of thioether (sulfide) groups is 1. The lowest BCUT2D eigenvalue weighted by Crippen LogP contribution is -2.43. The van der Waals surface area contributed by atoms with Crippen LogP contribution in [0.25, 0.3) is 10.9 Å². The number of nitrogens with one attached hydrogen (secondary N) is 2. The molecule has 0 fully saturated rings. The first-order valence-corrected chi connectivity index (χ1v) is 9.51. The third kappa shape index (κ3) is 6.18. The summed E-state index contributed by atoms with van der Waals surface area (Å²) in [4.78, 5) is 41.8. The molecule has 7 nitrogen and oxygen atoms in total. The Labute approximate surface area is 155 Å². The number of amides is 1. The maximum atomic E-state index is 12.0. The average molecular weight is 377 g/mol. The van der Waals surface area contributed by atoms with Crippen molar-refractivity contribution in [1.29, 1.82) is 0 Å². The van der Waals surface area contributed by atoms with Gasteiger partial charge < -0.3 is 15.4 Å². The number of carbonyl (C=O) groups is 2. The van der Waals surface area contributed by atoms with Crippen LogP contribution >= 0.6 is 11.8 Å². The van der Waals surface area contributed by atoms with E-state index in [0.29, 0.717) is 41.1 Å². The first kappa shape index (κ1) is 20.0. The van der Waals surface area contributed by atoms with Crippen molar-refractivity contribution in [2.75, 3.05) is 5.75 Å². The highest BCUT2D eigenvalue weighted by Gasteiger charge is 2.21. The van der Waals surface area contributed by atoms with Crippen LogP contribution in [0.2, 0.25) is 0 Å². The van der Waals surface area contributed by atoms with Gasteiger partial charge in [-0.1, -0.05) is 12.1 Å². The number of fused-ring (bicyclic) bond motifs is 1. The van der Waals surface area contributed by atoms with Crippen LogP contribution in [0, 0.1) is 0 Å². The van der Waals surface area contributed by atoms with Gasteiger partial charge in [-0.25, -0.2) is 4.98 Å². The van der Waals surface area contributed by atoms with Gasteiger partial charge in [-0.15, -0.1) is 0 Å². The second-order valence-corrected chi connectivity index (χ2v) is 7.76. The lowest BCUT2D eigenvalue weighted by Gasteiger charge is -2.25. The van der Waals surface area contributed by atoms with E-state index in [9.17, 15) is 14.4 Å². The van der Waals surface area contributed by atoms with Gasteiger partial charge in [0.05, 0.1) is 16.7 Å². The van der Waals surface area contributed by atoms with E-state index in [0.717, 1.165) is 0 Å². The monoisotopic (exact) mass is 377 g/mol. The van der Waals surface area contributed by atoms with E-state index in [1.165, 1.54) is 11.8 Å². The summed E-state index contributed by atoms with van der Waals surface area (Å²) in [5, 5.41) is 12.1. The predicted molar refractivity (Wildman–Crippen MR) is 102 cm³/mol. The number of aromatic amines is 1. The Hall–Kier alpha value is -2.35. The lowest BCUT2D eigenvalue weighted by molar-refractivity contribution is -0.137. The number of hydrogen-bond acceptors (Lipinski definition) is 5. The second kappa shape index (κ2) is 8.84. The Bertz CT molecular complexity index is 848. The molecule has 8 heteroatoms. The van der Waals surface area contributed by atoms with Crippen molar-refractivity contribution < 1.29 is 14.7 Å². The topological polar surface area (TPSA) is 112 Å². The van der Waals surface area contributed by atoms with Crippen molar-refractivity contribution >= 4 is 34.5 Å². The van der Waals surface area contributed by atoms with Crippen LogP contribution in [0.3, 0.4) is 0 Å². The normalized spacial score (nSPS) is 11.5. The summed E-state index contributed by atoms with van der Waals surface area (Å²) < 4.78 is 0. The Kier molecular flexibility index (Phi) is 6.79. The Balaban J connectivity index is 1.79. The van der Waals surface area contributed by atoms with Gasteiger partial charge in [-0.2, -0.15) is 11.8 Å². The zero-order chi connectivity index (χ0) is 19.2. The molecule has 2 aromatic rings. The summed E-state index contributed by atoms with van der Waals surface area (Å²) in [6.45, 7) is 3.62. The molecule has 1 amide bonds. The van der Waals surface area contributed by atoms with E-state index in [4.69, 9.17) is 5.11 Å². The molecule has 0 saturated heterocycles. The van der Waals surface area contributed by atoms with Crippen LogP contribution in [0.5, 0.6) is 0 Å². The Morgan fingerprint density at radius 3 is 2.73 bits per heavy atom. The molecule has 1 aromatic carbocycles. The van der Waals surface area contributed by atoms with E-state index in [1.807, 2.05) is 19.9 Å². The zero-order valence-electron chi connectivity index (χ0n) is 14.9. The number of carboxylic acids is 1. The number of para-hydroxylation sites is 1. The van der Waals surface area contributed by atoms with Crippen LogP contribution in [0.4, 0.5) is 0 Å². The molecule has 0 radical (unpaired) electrons. The number of aromatic nitrogens is 2. The third-order valence-corrected chi connectivity index (χ3v) is 4.79. The Morgan fingerprint density at radius 1 is 1.27 bits per heavy atom. The lowest BCUT2D eigenvalue weighted by atomic mass is 9.98. The fourth-order valence-electron chi connectivity index (χ4n) is 2.46. The molecule has 0 aliphatic carbocycles. The van der Waals surface area contributed by atoms with Crippen LogP contribution < -0.4 is 10.9 Å². The molecule has 140 valence electrons. The van der Waals surface area contributed by atoms with Crippen LogP contribution in [-0.2, 0) is 15.3 Å². The van der Waals surface area contributed by atoms with Crippen LogP contribution in [0.1, 0.15) is 38.9 Å². The number of hydrogen-bond donors (Lipinski definition) is 3. The number of carboxylic acid groups (broad SMARTS) is 1. The van der Waals surface area contributed by atoms with Gasteiger partial charge in [0.15, 0.2) is 0 Å². The SMILES string of the molecule is CC(C)(CCC(=O)O)NC(=O)CCSCc1nc2ccccc2c(=O)[nH]1. The van der Waals surface area contributed by atoms with E-state index < -0.39 is 11.5 Å². The number of H-pyrrole nitrogens is 1. The van der Waals surface area contributed by atoms with E-state index in [1.54, 1.807) is 18.2 Å². The largest absolute Gasteiger partial charge is 0.481 e. The molecule has 3 N–H and O–H groups in total. The van der Waals surface area contributed by atoms with Crippen molar-refractivity contribution in [2.45, 2.75) is 44.4 Å². The van der Waals surface area contributed by atoms with Crippen LogP contribution in [-0.4, -0.2) is 38.2 Å². The maximum absolute atomic E-state index is 12.0. The van der Waals surface area contributed by atoms with Crippen molar-refractivity contribution in [3.8, 4) is 0 Å². The third-order valence-electron chi connectivity index (χ3n) is 3.82. The van der Waals surface area contributed by atoms with Gasteiger partial charge in [0.2, 0.25) is 5.91 Å². The molecule has 0 spiro atoms. The highest BCUT2D eigenvalue weighted by molar-refractivity contribution is 7.98. The fourth-order valence-corrected chi connectivity index (χ4v) is 3.26. The highest BCUT2D eigenvalue weighted by Crippen LogP contribution is 2.14. The molecule has 26 heavy (non-hydrogen) atoms. The number of rotatable bonds is 9. The molecular formula is C18H23N3O4S. The summed E-state index contributed by atoms with van der Waals surface area (Å²) in [7, 11) is 0. The molecule has 1 aromatic heterocycles. The van der Waals surface area contributed by atoms with Crippen molar-refractivity contribution in [1.82, 2.24) is 15.3 Å². The van der Waals surface area contributed by atoms with E-state index in [-0.39, 0.29) is 17.9 Å². The minimum atomic E-state index is -0.875. The number of nitrogens with zero attached hydrogens (tertiary/aromatic N) is 1. The van der Waals surface area contributed by atoms with Gasteiger partial charge in [0.1, 0.15) is 5.82 Å². The molecule has 0 atom stereocenters. The van der Waals surface area contributed by atoms with Crippen molar-refractivity contribution in [3.63, 3.8) is 0 Å². The number of benzene rings is 1. The van der Waals surface area contributed by atoms with E-state index in [2.05, 4.69) is 15.3 Å². The molecule has 2 rings (SSSR count). The summed E-state index contributed by atoms with van der Waals surface area (Å²) in [6, 6.07) is 7.16. The van der Waals surface area contributed by atoms with Gasteiger partial charge in [-0.3, -0.25) is 14.4 Å². The minimum Gasteiger partial charge on any atom is -0.481 e. The van der Waals surface area contributed by atoms with Gasteiger partial charge in [0.25, 0.3) is 5.56 Å². The summed E-state index contributed by atoms with van der Waals surface area (Å²) in [5.41, 5.74) is -0.0560. The van der Waals surface area contributed by atoms with Gasteiger partial charge in [0, 0.05) is 24.1 Å². The highest BCUT2D eigenvalue weighted by atomic mass is 32.2. The number of aliphatic carboxylic acids is 1. The molecule has 0 aliphatic heterocycles. The molecule has 0 bridgehead atoms. The molecule has 0 saturated carbocycles. The quantitative estimate of drug-likeness (QED) is 0.578. The standard InChI is InChI=1S/C18H23N3O4S/c1-18(2,9-7-16(23)24)21-15(22)8-10-26-11-14-19-13-6-4-3-5-12(13)17(25)20-14/h3-6H,7-11H2,1-2H3,(H,21,22)(H,23,24)(H,19,20,25). The molecule has 0 unspecified atom stereocenters. The molecule has 0 aliphatic rings. The van der Waals surface area contributed by atoms with Crippen LogP contribution in [0.15, 0.2) is 29.1 Å². The van der Waals surface area contributed by atoms with Crippen molar-refractivity contribution in [3.05, 3.63) is 40.4 Å². The minimum absolute atomic E-state index is 0.0169. The number of carbonyl (C=O) groups excluding carboxylic acids is 1. The second-order valence-electron chi connectivity index (χ2n) is 6.66. The summed E-state index contributed by atoms with van der Waals surface area (Å²) >= 11 is 1.51. The average Bonchev–Trinajstić information content (AvgIpc) is 2.57. The molecular weight excluding hydrogens is 354 g/mol. The van der Waals surface area contributed by atoms with E-state index >= 15 is 0 Å². The predicted octanol–water partition coefficient (Wildman–Crippen LogP) is 2.31. The first-order chi connectivity index (χ1) is 12.3. The summed E-state index contributed by atoms with van der Waals surface area (Å²) in [5.74, 6) is 0.682. The summed E-state index contributed by atoms with van der Waals surface area (Å²) in [6.07, 6.45) is 0.714. The fraction of sp³-hybridized carbons (Fsp3) is 0.444. The van der Waals surface area contributed by atoms with Gasteiger partial charge >= 0.3 is 5.97 Å². The first-order valence-electron chi connectivity index (χ1n) is 8.35. The maximum Gasteiger partial charge on any atom is 0.303 e. The Morgan fingerprint density at radius 2 is 2.00 bits per heavy atom. The smallest absolute Gasteiger partial charge is 0.303 e. The van der Waals surface area contributed by atoms with Crippen molar-refractivity contribution in [2.24, 2.45) is 0 Å².